The van der Waals surface area contributed by atoms with E-state index in [0.29, 0.717) is 24.5 Å². The Morgan fingerprint density at radius 2 is 1.95 bits per heavy atom. The first-order valence-electron chi connectivity index (χ1n) is 7.66. The van der Waals surface area contributed by atoms with Crippen LogP contribution in [-0.4, -0.2) is 27.9 Å². The Morgan fingerprint density at radius 3 is 2.73 bits per heavy atom. The highest BCUT2D eigenvalue weighted by atomic mass is 16.7. The number of fused-ring (bicyclic) bond motifs is 3. The van der Waals surface area contributed by atoms with Gasteiger partial charge >= 0.3 is 0 Å². The van der Waals surface area contributed by atoms with E-state index in [0.717, 1.165) is 29.3 Å². The highest BCUT2D eigenvalue weighted by Crippen LogP contribution is 2.26. The number of pyridine rings is 1. The van der Waals surface area contributed by atoms with Crippen LogP contribution >= 0.6 is 0 Å². The van der Waals surface area contributed by atoms with Crippen molar-refractivity contribution in [1.29, 1.82) is 0 Å². The lowest BCUT2D eigenvalue weighted by Crippen LogP contribution is -2.13. The standard InChI is InChI=1S/C14H17N5O.C2H6/c15-7-3-4-8-20-19-9-17-12-13(19)10-5-1-2-6-11(10)18-14(12)16;1-2/h1-2,5-6,9H,3-4,7-8,15H2,(H2,16,18);1-2H3. The lowest BCUT2D eigenvalue weighted by molar-refractivity contribution is 0.116. The van der Waals surface area contributed by atoms with Crippen molar-refractivity contribution in [2.45, 2.75) is 26.7 Å². The Bertz CT molecular complexity index is 738. The van der Waals surface area contributed by atoms with Gasteiger partial charge < -0.3 is 16.3 Å². The second-order valence-electron chi connectivity index (χ2n) is 4.61. The number of imidazole rings is 1. The first kappa shape index (κ1) is 16.0. The predicted octanol–water partition coefficient (Wildman–Crippen LogP) is 2.36. The minimum Gasteiger partial charge on any atom is -0.412 e. The summed E-state index contributed by atoms with van der Waals surface area (Å²) in [5.41, 5.74) is 13.8. The lowest BCUT2D eigenvalue weighted by atomic mass is 10.2. The fourth-order valence-corrected chi connectivity index (χ4v) is 2.23. The summed E-state index contributed by atoms with van der Waals surface area (Å²) in [7, 11) is 0. The molecular formula is C16H23N5O. The second kappa shape index (κ2) is 7.61. The molecule has 3 aromatic rings. The van der Waals surface area contributed by atoms with Crippen LogP contribution in [0, 0.1) is 0 Å². The molecule has 0 aliphatic rings. The summed E-state index contributed by atoms with van der Waals surface area (Å²) in [6, 6.07) is 7.82. The molecule has 0 saturated carbocycles. The fourth-order valence-electron chi connectivity index (χ4n) is 2.23. The number of anilines is 1. The van der Waals surface area contributed by atoms with E-state index in [1.54, 1.807) is 11.1 Å². The number of hydrogen-bond donors (Lipinski definition) is 2. The number of para-hydroxylation sites is 1. The van der Waals surface area contributed by atoms with Crippen molar-refractivity contribution in [3.05, 3.63) is 30.6 Å². The zero-order chi connectivity index (χ0) is 15.9. The Morgan fingerprint density at radius 1 is 1.18 bits per heavy atom. The quantitative estimate of drug-likeness (QED) is 0.706. The Kier molecular flexibility index (Phi) is 5.55. The summed E-state index contributed by atoms with van der Waals surface area (Å²) in [5, 5.41) is 0.980. The van der Waals surface area contributed by atoms with Crippen LogP contribution in [0.5, 0.6) is 0 Å². The van der Waals surface area contributed by atoms with Crippen molar-refractivity contribution < 1.29 is 4.84 Å². The van der Waals surface area contributed by atoms with Crippen molar-refractivity contribution in [2.75, 3.05) is 18.9 Å². The summed E-state index contributed by atoms with van der Waals surface area (Å²) in [4.78, 5) is 14.4. The first-order valence-corrected chi connectivity index (χ1v) is 7.66. The molecule has 0 spiro atoms. The van der Waals surface area contributed by atoms with E-state index in [2.05, 4.69) is 9.97 Å². The molecule has 22 heavy (non-hydrogen) atoms. The molecule has 0 aliphatic heterocycles. The summed E-state index contributed by atoms with van der Waals surface area (Å²) in [5.74, 6) is 0.419. The van der Waals surface area contributed by atoms with Crippen LogP contribution in [-0.2, 0) is 0 Å². The smallest absolute Gasteiger partial charge is 0.152 e. The number of aromatic nitrogens is 3. The monoisotopic (exact) mass is 301 g/mol. The summed E-state index contributed by atoms with van der Waals surface area (Å²) < 4.78 is 1.67. The molecule has 0 amide bonds. The van der Waals surface area contributed by atoms with Gasteiger partial charge in [-0.1, -0.05) is 32.0 Å². The van der Waals surface area contributed by atoms with Gasteiger partial charge in [-0.3, -0.25) is 0 Å². The third-order valence-electron chi connectivity index (χ3n) is 3.21. The number of nitrogens with zero attached hydrogens (tertiary/aromatic N) is 3. The molecule has 0 unspecified atom stereocenters. The second-order valence-corrected chi connectivity index (χ2v) is 4.61. The van der Waals surface area contributed by atoms with E-state index < -0.39 is 0 Å². The van der Waals surface area contributed by atoms with E-state index in [1.165, 1.54) is 0 Å². The molecule has 6 nitrogen and oxygen atoms in total. The molecule has 0 aliphatic carbocycles. The molecule has 0 fully saturated rings. The van der Waals surface area contributed by atoms with Gasteiger partial charge in [0.05, 0.1) is 5.52 Å². The average molecular weight is 301 g/mol. The van der Waals surface area contributed by atoms with Crippen LogP contribution in [0.2, 0.25) is 0 Å². The van der Waals surface area contributed by atoms with Crippen LogP contribution in [0.25, 0.3) is 21.9 Å². The van der Waals surface area contributed by atoms with Crippen molar-refractivity contribution in [3.63, 3.8) is 0 Å². The van der Waals surface area contributed by atoms with Crippen molar-refractivity contribution in [3.8, 4) is 0 Å². The molecule has 1 aromatic carbocycles. The van der Waals surface area contributed by atoms with Crippen LogP contribution in [0.3, 0.4) is 0 Å². The number of rotatable bonds is 5. The molecule has 2 heterocycles. The number of nitrogen functional groups attached to an aromatic ring is 1. The molecule has 2 aromatic heterocycles. The van der Waals surface area contributed by atoms with E-state index in [4.69, 9.17) is 16.3 Å². The van der Waals surface area contributed by atoms with Gasteiger partial charge in [0, 0.05) is 5.39 Å². The summed E-state index contributed by atoms with van der Waals surface area (Å²) in [6.45, 7) is 5.27. The maximum absolute atomic E-state index is 5.95. The van der Waals surface area contributed by atoms with Crippen molar-refractivity contribution in [1.82, 2.24) is 14.7 Å². The highest BCUT2D eigenvalue weighted by molar-refractivity contribution is 6.06. The van der Waals surface area contributed by atoms with Gasteiger partial charge in [0.15, 0.2) is 5.82 Å². The van der Waals surface area contributed by atoms with Gasteiger partial charge in [0.25, 0.3) is 0 Å². The number of benzene rings is 1. The first-order chi connectivity index (χ1) is 10.8. The van der Waals surface area contributed by atoms with Crippen molar-refractivity contribution in [2.24, 2.45) is 5.73 Å². The molecule has 0 radical (unpaired) electrons. The van der Waals surface area contributed by atoms with Crippen LogP contribution in [0.15, 0.2) is 30.6 Å². The highest BCUT2D eigenvalue weighted by Gasteiger charge is 2.12. The fraction of sp³-hybridized carbons (Fsp3) is 0.375. The minimum absolute atomic E-state index is 0.419. The topological polar surface area (TPSA) is 92.0 Å². The van der Waals surface area contributed by atoms with Crippen molar-refractivity contribution >= 4 is 27.8 Å². The van der Waals surface area contributed by atoms with Crippen LogP contribution < -0.4 is 16.3 Å². The molecule has 0 atom stereocenters. The van der Waals surface area contributed by atoms with Gasteiger partial charge in [-0.15, -0.1) is 0 Å². The van der Waals surface area contributed by atoms with E-state index in [-0.39, 0.29) is 0 Å². The molecular weight excluding hydrogens is 278 g/mol. The maximum atomic E-state index is 5.95. The van der Waals surface area contributed by atoms with Gasteiger partial charge in [0.1, 0.15) is 24.0 Å². The number of nitrogens with two attached hydrogens (primary N) is 2. The zero-order valence-electron chi connectivity index (χ0n) is 13.1. The van der Waals surface area contributed by atoms with Gasteiger partial charge in [-0.2, -0.15) is 4.73 Å². The average Bonchev–Trinajstić information content (AvgIpc) is 2.99. The Balaban J connectivity index is 0.000000847. The van der Waals surface area contributed by atoms with Gasteiger partial charge in [-0.25, -0.2) is 9.97 Å². The van der Waals surface area contributed by atoms with E-state index >= 15 is 0 Å². The Labute approximate surface area is 130 Å². The largest absolute Gasteiger partial charge is 0.412 e. The predicted molar refractivity (Wildman–Crippen MR) is 90.5 cm³/mol. The molecule has 0 bridgehead atoms. The molecule has 118 valence electrons. The van der Waals surface area contributed by atoms with Crippen LogP contribution in [0.4, 0.5) is 5.82 Å². The number of unbranched alkanes of at least 4 members (excludes halogenated alkanes) is 1. The SMILES string of the molecule is CC.NCCCCOn1cnc2c(N)nc3ccccc3c21. The molecule has 6 heteroatoms. The summed E-state index contributed by atoms with van der Waals surface area (Å²) in [6.07, 6.45) is 3.49. The van der Waals surface area contributed by atoms with Gasteiger partial charge in [0.2, 0.25) is 0 Å². The maximum Gasteiger partial charge on any atom is 0.152 e. The van der Waals surface area contributed by atoms with E-state index in [9.17, 15) is 0 Å². The third kappa shape index (κ3) is 3.12. The zero-order valence-corrected chi connectivity index (χ0v) is 13.1. The lowest BCUT2D eigenvalue weighted by Gasteiger charge is -2.09. The minimum atomic E-state index is 0.419. The van der Waals surface area contributed by atoms with Crippen LogP contribution in [0.1, 0.15) is 26.7 Å². The van der Waals surface area contributed by atoms with Gasteiger partial charge in [-0.05, 0) is 25.5 Å². The molecule has 3 rings (SSSR count). The third-order valence-corrected chi connectivity index (χ3v) is 3.21. The Hall–Kier alpha value is -2.34. The molecule has 4 N–H and O–H groups in total. The summed E-state index contributed by atoms with van der Waals surface area (Å²) >= 11 is 0. The normalized spacial score (nSPS) is 10.5. The van der Waals surface area contributed by atoms with E-state index in [1.807, 2.05) is 38.1 Å². The number of hydrogen-bond acceptors (Lipinski definition) is 5. The molecule has 0 saturated heterocycles.